The van der Waals surface area contributed by atoms with Gasteiger partial charge >= 0.3 is 5.97 Å². The van der Waals surface area contributed by atoms with Crippen molar-refractivity contribution in [3.63, 3.8) is 0 Å². The molecule has 0 aromatic heterocycles. The van der Waals surface area contributed by atoms with E-state index in [1.165, 1.54) is 12.5 Å². The summed E-state index contributed by atoms with van der Waals surface area (Å²) >= 11 is 0. The van der Waals surface area contributed by atoms with Crippen molar-refractivity contribution in [3.8, 4) is 0 Å². The first-order chi connectivity index (χ1) is 9.66. The molecule has 4 nitrogen and oxygen atoms in total. The normalized spacial score (nSPS) is 30.4. The summed E-state index contributed by atoms with van der Waals surface area (Å²) in [5, 5.41) is 0. The fraction of sp³-hybridized carbons (Fsp3) is 0.562. The predicted octanol–water partition coefficient (Wildman–Crippen LogP) is 2.15. The highest BCUT2D eigenvalue weighted by molar-refractivity contribution is 5.65. The maximum Gasteiger partial charge on any atom is 0.302 e. The van der Waals surface area contributed by atoms with E-state index in [0.29, 0.717) is 24.9 Å². The van der Waals surface area contributed by atoms with Crippen LogP contribution >= 0.6 is 0 Å². The van der Waals surface area contributed by atoms with Crippen LogP contribution in [0.3, 0.4) is 0 Å². The van der Waals surface area contributed by atoms with Crippen molar-refractivity contribution in [2.75, 3.05) is 13.2 Å². The Kier molecular flexibility index (Phi) is 3.76. The van der Waals surface area contributed by atoms with E-state index in [9.17, 15) is 4.79 Å². The van der Waals surface area contributed by atoms with E-state index in [0.717, 1.165) is 13.0 Å². The molecule has 0 amide bonds. The van der Waals surface area contributed by atoms with Gasteiger partial charge in [0.25, 0.3) is 0 Å². The summed E-state index contributed by atoms with van der Waals surface area (Å²) in [6, 6.07) is 10.7. The topological polar surface area (TPSA) is 42.1 Å². The van der Waals surface area contributed by atoms with Crippen molar-refractivity contribution in [2.45, 2.75) is 44.6 Å². The molecule has 1 aromatic rings. The van der Waals surface area contributed by atoms with Crippen LogP contribution in [0.1, 0.15) is 31.9 Å². The smallest absolute Gasteiger partial charge is 0.302 e. The Balaban J connectivity index is 1.79. The Morgan fingerprint density at radius 1 is 1.45 bits per heavy atom. The zero-order chi connectivity index (χ0) is 14.1. The van der Waals surface area contributed by atoms with Gasteiger partial charge in [0.15, 0.2) is 0 Å². The number of hydrogen-bond donors (Lipinski definition) is 0. The maximum atomic E-state index is 11.2. The molecular weight excluding hydrogens is 254 g/mol. The summed E-state index contributed by atoms with van der Waals surface area (Å²) in [5.41, 5.74) is 1.19. The van der Waals surface area contributed by atoms with E-state index < -0.39 is 0 Å². The number of rotatable bonds is 4. The average molecular weight is 275 g/mol. The van der Waals surface area contributed by atoms with Crippen molar-refractivity contribution >= 4 is 5.97 Å². The van der Waals surface area contributed by atoms with Crippen molar-refractivity contribution in [1.29, 1.82) is 0 Å². The predicted molar refractivity (Wildman–Crippen MR) is 75.3 cm³/mol. The number of nitrogens with zero attached hydrogens (tertiary/aromatic N) is 1. The van der Waals surface area contributed by atoms with Gasteiger partial charge in [-0.1, -0.05) is 30.3 Å². The van der Waals surface area contributed by atoms with Gasteiger partial charge in [-0.3, -0.25) is 9.69 Å². The number of esters is 1. The first kappa shape index (κ1) is 13.6. The van der Waals surface area contributed by atoms with Crippen molar-refractivity contribution < 1.29 is 14.3 Å². The van der Waals surface area contributed by atoms with E-state index >= 15 is 0 Å². The number of likely N-dealkylation sites (tertiary alicyclic amines) is 1. The Hall–Kier alpha value is -1.39. The largest absolute Gasteiger partial charge is 0.464 e. The van der Waals surface area contributed by atoms with Crippen LogP contribution in [0.2, 0.25) is 0 Å². The van der Waals surface area contributed by atoms with E-state index in [1.54, 1.807) is 0 Å². The molecule has 0 aliphatic carbocycles. The van der Waals surface area contributed by atoms with E-state index in [-0.39, 0.29) is 12.0 Å². The Bertz CT molecular complexity index is 476. The first-order valence-electron chi connectivity index (χ1n) is 7.26. The molecule has 0 spiro atoms. The minimum absolute atomic E-state index is 0.111. The molecule has 2 aliphatic heterocycles. The number of piperidine rings is 1. The van der Waals surface area contributed by atoms with Crippen LogP contribution in [0, 0.1) is 0 Å². The monoisotopic (exact) mass is 275 g/mol. The van der Waals surface area contributed by atoms with E-state index in [4.69, 9.17) is 9.47 Å². The van der Waals surface area contributed by atoms with Crippen LogP contribution in [-0.2, 0) is 14.3 Å². The van der Waals surface area contributed by atoms with Crippen molar-refractivity contribution in [3.05, 3.63) is 35.9 Å². The highest BCUT2D eigenvalue weighted by Crippen LogP contribution is 2.39. The lowest BCUT2D eigenvalue weighted by Crippen LogP contribution is -2.46. The molecule has 3 rings (SSSR count). The fourth-order valence-electron chi connectivity index (χ4n) is 3.18. The molecule has 1 aromatic carbocycles. The molecule has 4 atom stereocenters. The molecule has 0 bridgehead atoms. The summed E-state index contributed by atoms with van der Waals surface area (Å²) in [6.07, 6.45) is 1.87. The summed E-state index contributed by atoms with van der Waals surface area (Å²) in [7, 11) is 0. The summed E-state index contributed by atoms with van der Waals surface area (Å²) in [5.74, 6) is -0.226. The van der Waals surface area contributed by atoms with Crippen LogP contribution in [0.25, 0.3) is 0 Å². The highest BCUT2D eigenvalue weighted by Gasteiger charge is 2.50. The van der Waals surface area contributed by atoms with Crippen LogP contribution in [0.4, 0.5) is 0 Å². The van der Waals surface area contributed by atoms with Crippen LogP contribution in [0.15, 0.2) is 30.3 Å². The second kappa shape index (κ2) is 5.54. The lowest BCUT2D eigenvalue weighted by atomic mass is 9.97. The zero-order valence-corrected chi connectivity index (χ0v) is 12.0. The fourth-order valence-corrected chi connectivity index (χ4v) is 3.18. The average Bonchev–Trinajstić information content (AvgIpc) is 3.22. The molecule has 0 unspecified atom stereocenters. The van der Waals surface area contributed by atoms with Gasteiger partial charge in [0.2, 0.25) is 0 Å². The minimum atomic E-state index is -0.226. The molecular formula is C16H21NO3. The quantitative estimate of drug-likeness (QED) is 0.624. The van der Waals surface area contributed by atoms with Crippen LogP contribution in [0.5, 0.6) is 0 Å². The molecule has 0 N–H and O–H groups in total. The molecule has 4 heteroatoms. The lowest BCUT2D eigenvalue weighted by Gasteiger charge is -2.37. The van der Waals surface area contributed by atoms with E-state index in [1.807, 2.05) is 18.2 Å². The third-order valence-corrected chi connectivity index (χ3v) is 4.32. The van der Waals surface area contributed by atoms with Crippen LogP contribution in [-0.4, -0.2) is 42.3 Å². The molecule has 2 fully saturated rings. The highest BCUT2D eigenvalue weighted by atomic mass is 16.6. The molecule has 2 saturated heterocycles. The minimum Gasteiger partial charge on any atom is -0.464 e. The van der Waals surface area contributed by atoms with Crippen molar-refractivity contribution in [1.82, 2.24) is 4.90 Å². The second-order valence-corrected chi connectivity index (χ2v) is 5.64. The van der Waals surface area contributed by atoms with Gasteiger partial charge in [-0.15, -0.1) is 0 Å². The van der Waals surface area contributed by atoms with Crippen molar-refractivity contribution in [2.24, 2.45) is 0 Å². The summed E-state index contributed by atoms with van der Waals surface area (Å²) in [4.78, 5) is 13.6. The number of carbonyl (C=O) groups is 1. The molecule has 108 valence electrons. The molecule has 2 heterocycles. The van der Waals surface area contributed by atoms with Gasteiger partial charge in [-0.25, -0.2) is 0 Å². The van der Waals surface area contributed by atoms with Gasteiger partial charge in [0.05, 0.1) is 18.2 Å². The molecule has 2 aliphatic rings. The number of ether oxygens (including phenoxy) is 2. The standard InChI is InChI=1S/C16H21NO3/c1-11-16-15(20-16)8-9-17(11)14(10-19-12(2)18)13-6-4-3-5-7-13/h3-7,11,14-16H,8-10H2,1-2H3/t11-,14-,15-,16+/m0/s1. The van der Waals surface area contributed by atoms with Gasteiger partial charge in [-0.05, 0) is 18.9 Å². The zero-order valence-electron chi connectivity index (χ0n) is 12.0. The maximum absolute atomic E-state index is 11.2. The Labute approximate surface area is 119 Å². The Morgan fingerprint density at radius 2 is 2.20 bits per heavy atom. The third-order valence-electron chi connectivity index (χ3n) is 4.32. The lowest BCUT2D eigenvalue weighted by molar-refractivity contribution is -0.143. The number of fused-ring (bicyclic) bond motifs is 1. The SMILES string of the molecule is CC(=O)OC[C@@H](c1ccccc1)N1CC[C@@H]2O[C@@H]2[C@@H]1C. The number of epoxide rings is 1. The van der Waals surface area contributed by atoms with E-state index in [2.05, 4.69) is 24.0 Å². The van der Waals surface area contributed by atoms with Gasteiger partial charge in [0, 0.05) is 19.5 Å². The van der Waals surface area contributed by atoms with Crippen LogP contribution < -0.4 is 0 Å². The summed E-state index contributed by atoms with van der Waals surface area (Å²) < 4.78 is 11.0. The Morgan fingerprint density at radius 3 is 2.90 bits per heavy atom. The first-order valence-corrected chi connectivity index (χ1v) is 7.26. The number of hydrogen-bond acceptors (Lipinski definition) is 4. The number of carbonyl (C=O) groups excluding carboxylic acids is 1. The number of benzene rings is 1. The molecule has 20 heavy (non-hydrogen) atoms. The van der Waals surface area contributed by atoms with Gasteiger partial charge < -0.3 is 9.47 Å². The molecule has 0 radical (unpaired) electrons. The molecule has 0 saturated carbocycles. The van der Waals surface area contributed by atoms with Gasteiger partial charge in [0.1, 0.15) is 6.61 Å². The summed E-state index contributed by atoms with van der Waals surface area (Å²) in [6.45, 7) is 5.06. The third kappa shape index (κ3) is 2.72. The second-order valence-electron chi connectivity index (χ2n) is 5.64. The van der Waals surface area contributed by atoms with Gasteiger partial charge in [-0.2, -0.15) is 0 Å².